The molecule has 0 amide bonds. The highest BCUT2D eigenvalue weighted by atomic mass is 19.4. The monoisotopic (exact) mass is 323 g/mol. The summed E-state index contributed by atoms with van der Waals surface area (Å²) in [5.74, 6) is -0.543. The van der Waals surface area contributed by atoms with Gasteiger partial charge in [0.2, 0.25) is 0 Å². The Morgan fingerprint density at radius 2 is 1.68 bits per heavy atom. The van der Waals surface area contributed by atoms with E-state index in [4.69, 9.17) is 0 Å². The maximum Gasteiger partial charge on any atom is 0.573 e. The maximum absolute atomic E-state index is 12.5. The van der Waals surface area contributed by atoms with Crippen molar-refractivity contribution in [2.45, 2.75) is 18.6 Å². The molecule has 1 aromatic heterocycles. The van der Waals surface area contributed by atoms with Crippen LogP contribution in [0.4, 0.5) is 26.3 Å². The lowest BCUT2D eigenvalue weighted by atomic mass is 10.1. The van der Waals surface area contributed by atoms with E-state index in [2.05, 4.69) is 16.8 Å². The Hall–Kier alpha value is -2.19. The molecule has 1 radical (unpaired) electrons. The minimum atomic E-state index is -4.92. The summed E-state index contributed by atoms with van der Waals surface area (Å²) in [7, 11) is 0. The smallest absolute Gasteiger partial charge is 0.405 e. The van der Waals surface area contributed by atoms with Gasteiger partial charge in [-0.15, -0.1) is 13.2 Å². The number of nitrogens with zero attached hydrogens (tertiary/aromatic N) is 2. The zero-order chi connectivity index (χ0) is 16.5. The van der Waals surface area contributed by atoms with Gasteiger partial charge in [-0.2, -0.15) is 18.3 Å². The minimum absolute atomic E-state index is 0.0448. The molecule has 119 valence electrons. The Morgan fingerprint density at radius 3 is 2.23 bits per heavy atom. The van der Waals surface area contributed by atoms with Crippen molar-refractivity contribution in [3.05, 3.63) is 54.7 Å². The van der Waals surface area contributed by atoms with E-state index < -0.39 is 30.0 Å². The molecular formula is C13H9F6N2O. The molecule has 0 aliphatic heterocycles. The van der Waals surface area contributed by atoms with Crippen LogP contribution in [-0.2, 0) is 6.18 Å². The van der Waals surface area contributed by atoms with Crippen molar-refractivity contribution in [3.8, 4) is 5.75 Å². The van der Waals surface area contributed by atoms with E-state index in [0.29, 0.717) is 6.07 Å². The van der Waals surface area contributed by atoms with Crippen LogP contribution in [-0.4, -0.2) is 16.1 Å². The highest BCUT2D eigenvalue weighted by Crippen LogP contribution is 2.33. The Morgan fingerprint density at radius 1 is 1.05 bits per heavy atom. The maximum atomic E-state index is 12.5. The second-order valence-corrected chi connectivity index (χ2v) is 4.28. The molecule has 0 saturated heterocycles. The highest BCUT2D eigenvalue weighted by Gasteiger charge is 2.35. The van der Waals surface area contributed by atoms with Crippen molar-refractivity contribution in [1.29, 1.82) is 0 Å². The number of aromatic nitrogens is 2. The SMILES string of the molecule is [CH2]C(c1ccccc1OC(F)(F)F)n1ccc(C(F)(F)F)n1. The van der Waals surface area contributed by atoms with Crippen LogP contribution in [0.3, 0.4) is 0 Å². The Bertz CT molecular complexity index is 646. The summed E-state index contributed by atoms with van der Waals surface area (Å²) < 4.78 is 79.2. The molecule has 2 aromatic rings. The van der Waals surface area contributed by atoms with Gasteiger partial charge in [0, 0.05) is 11.8 Å². The van der Waals surface area contributed by atoms with Gasteiger partial charge in [0.15, 0.2) is 5.69 Å². The first-order valence-electron chi connectivity index (χ1n) is 5.88. The molecule has 1 atom stereocenters. The average molecular weight is 323 g/mol. The third kappa shape index (κ3) is 3.71. The molecule has 1 unspecified atom stereocenters. The van der Waals surface area contributed by atoms with Crippen LogP contribution in [0.2, 0.25) is 0 Å². The second-order valence-electron chi connectivity index (χ2n) is 4.28. The van der Waals surface area contributed by atoms with Crippen molar-refractivity contribution in [2.24, 2.45) is 0 Å². The van der Waals surface area contributed by atoms with Gasteiger partial charge < -0.3 is 4.74 Å². The molecule has 0 spiro atoms. The third-order valence-corrected chi connectivity index (χ3v) is 2.72. The highest BCUT2D eigenvalue weighted by molar-refractivity contribution is 5.37. The van der Waals surface area contributed by atoms with Gasteiger partial charge in [-0.1, -0.05) is 18.2 Å². The molecule has 0 bridgehead atoms. The van der Waals surface area contributed by atoms with Crippen LogP contribution in [0.1, 0.15) is 17.3 Å². The van der Waals surface area contributed by atoms with E-state index in [-0.39, 0.29) is 5.56 Å². The van der Waals surface area contributed by atoms with E-state index in [9.17, 15) is 26.3 Å². The number of para-hydroxylation sites is 1. The summed E-state index contributed by atoms with van der Waals surface area (Å²) in [6, 6.07) is 4.65. The molecule has 22 heavy (non-hydrogen) atoms. The van der Waals surface area contributed by atoms with E-state index in [1.807, 2.05) is 0 Å². The Balaban J connectivity index is 2.34. The third-order valence-electron chi connectivity index (χ3n) is 2.72. The van der Waals surface area contributed by atoms with Crippen LogP contribution >= 0.6 is 0 Å². The number of hydrogen-bond donors (Lipinski definition) is 0. The van der Waals surface area contributed by atoms with E-state index in [1.54, 1.807) is 0 Å². The van der Waals surface area contributed by atoms with Crippen molar-refractivity contribution in [3.63, 3.8) is 0 Å². The standard InChI is InChI=1S/C13H9F6N2O/c1-8(21-7-6-11(20-21)12(14,15)16)9-4-2-3-5-10(9)22-13(17,18)19/h2-8H,1H2. The molecule has 3 nitrogen and oxygen atoms in total. The first-order chi connectivity index (χ1) is 10.1. The summed E-state index contributed by atoms with van der Waals surface area (Å²) in [6.45, 7) is 3.55. The fourth-order valence-electron chi connectivity index (χ4n) is 1.78. The first kappa shape index (κ1) is 16.2. The number of rotatable bonds is 3. The molecular weight excluding hydrogens is 314 g/mol. The minimum Gasteiger partial charge on any atom is -0.405 e. The zero-order valence-corrected chi connectivity index (χ0v) is 10.8. The lowest BCUT2D eigenvalue weighted by Crippen LogP contribution is -2.19. The molecule has 0 saturated carbocycles. The summed E-state index contributed by atoms with van der Waals surface area (Å²) >= 11 is 0. The van der Waals surface area contributed by atoms with Crippen LogP contribution in [0.25, 0.3) is 0 Å². The molecule has 0 fully saturated rings. The average Bonchev–Trinajstić information content (AvgIpc) is 2.86. The van der Waals surface area contributed by atoms with E-state index in [1.165, 1.54) is 18.2 Å². The summed E-state index contributed by atoms with van der Waals surface area (Å²) in [4.78, 5) is 0. The predicted molar refractivity (Wildman–Crippen MR) is 63.9 cm³/mol. The van der Waals surface area contributed by atoms with Crippen LogP contribution in [0.5, 0.6) is 5.75 Å². The number of ether oxygens (including phenoxy) is 1. The molecule has 0 aliphatic carbocycles. The Kier molecular flexibility index (Phi) is 4.08. The van der Waals surface area contributed by atoms with Gasteiger partial charge in [-0.05, 0) is 19.1 Å². The van der Waals surface area contributed by atoms with Gasteiger partial charge in [0.1, 0.15) is 5.75 Å². The zero-order valence-electron chi connectivity index (χ0n) is 10.8. The molecule has 2 rings (SSSR count). The number of alkyl halides is 6. The Labute approximate surface area is 121 Å². The van der Waals surface area contributed by atoms with Crippen LogP contribution in [0, 0.1) is 6.92 Å². The van der Waals surface area contributed by atoms with Crippen LogP contribution in [0.15, 0.2) is 36.5 Å². The van der Waals surface area contributed by atoms with Crippen molar-refractivity contribution in [2.75, 3.05) is 0 Å². The molecule has 0 aliphatic rings. The summed E-state index contributed by atoms with van der Waals surface area (Å²) in [5.41, 5.74) is -1.20. The first-order valence-corrected chi connectivity index (χ1v) is 5.88. The van der Waals surface area contributed by atoms with Crippen molar-refractivity contribution in [1.82, 2.24) is 9.78 Å². The summed E-state index contributed by atoms with van der Waals surface area (Å²) in [6.07, 6.45) is -8.57. The van der Waals surface area contributed by atoms with E-state index >= 15 is 0 Å². The van der Waals surface area contributed by atoms with Gasteiger partial charge >= 0.3 is 12.5 Å². The molecule has 0 N–H and O–H groups in total. The number of benzene rings is 1. The molecule has 9 heteroatoms. The summed E-state index contributed by atoms with van der Waals surface area (Å²) in [5, 5.41) is 3.29. The van der Waals surface area contributed by atoms with Crippen molar-refractivity contribution >= 4 is 0 Å². The number of halogens is 6. The lowest BCUT2D eigenvalue weighted by molar-refractivity contribution is -0.275. The fourth-order valence-corrected chi connectivity index (χ4v) is 1.78. The van der Waals surface area contributed by atoms with Crippen LogP contribution < -0.4 is 4.74 Å². The van der Waals surface area contributed by atoms with Crippen molar-refractivity contribution < 1.29 is 31.1 Å². The largest absolute Gasteiger partial charge is 0.573 e. The predicted octanol–water partition coefficient (Wildman–Crippen LogP) is 4.22. The second kappa shape index (κ2) is 5.54. The quantitative estimate of drug-likeness (QED) is 0.791. The molecule has 1 heterocycles. The normalized spacial score (nSPS) is 14.0. The van der Waals surface area contributed by atoms with Gasteiger partial charge in [0.25, 0.3) is 0 Å². The van der Waals surface area contributed by atoms with Gasteiger partial charge in [-0.3, -0.25) is 4.68 Å². The topological polar surface area (TPSA) is 27.1 Å². The van der Waals surface area contributed by atoms with E-state index in [0.717, 1.165) is 16.9 Å². The number of hydrogen-bond acceptors (Lipinski definition) is 2. The van der Waals surface area contributed by atoms with Gasteiger partial charge in [0.05, 0.1) is 6.04 Å². The lowest BCUT2D eigenvalue weighted by Gasteiger charge is -2.18. The molecule has 1 aromatic carbocycles. The fraction of sp³-hybridized carbons (Fsp3) is 0.231. The van der Waals surface area contributed by atoms with Gasteiger partial charge in [-0.25, -0.2) is 0 Å².